The second-order valence-electron chi connectivity index (χ2n) is 4.90. The van der Waals surface area contributed by atoms with E-state index in [1.165, 1.54) is 0 Å². The maximum atomic E-state index is 13.2. The van der Waals surface area contributed by atoms with Gasteiger partial charge in [-0.05, 0) is 20.8 Å². The van der Waals surface area contributed by atoms with Crippen LogP contribution >= 0.6 is 0 Å². The highest BCUT2D eigenvalue weighted by atomic mass is 19.1. The Kier molecular flexibility index (Phi) is 4.21. The lowest BCUT2D eigenvalue weighted by atomic mass is 10.1. The number of halogens is 3. The van der Waals surface area contributed by atoms with E-state index in [0.29, 0.717) is 12.1 Å². The number of hydrogen-bond donors (Lipinski definition) is 2. The molecule has 0 saturated carbocycles. The first-order chi connectivity index (χ1) is 8.19. The molecular weight excluding hydrogens is 245 g/mol. The van der Waals surface area contributed by atoms with Gasteiger partial charge in [0.15, 0.2) is 11.6 Å². The van der Waals surface area contributed by atoms with Gasteiger partial charge >= 0.3 is 0 Å². The minimum absolute atomic E-state index is 0.295. The van der Waals surface area contributed by atoms with Crippen molar-refractivity contribution in [1.29, 1.82) is 0 Å². The molecule has 6 heteroatoms. The summed E-state index contributed by atoms with van der Waals surface area (Å²) in [6, 6.07) is 1.10. The molecule has 0 bridgehead atoms. The zero-order chi connectivity index (χ0) is 13.9. The smallest absolute Gasteiger partial charge is 0.239 e. The van der Waals surface area contributed by atoms with E-state index in [2.05, 4.69) is 10.6 Å². The molecule has 18 heavy (non-hydrogen) atoms. The van der Waals surface area contributed by atoms with Gasteiger partial charge in [0.2, 0.25) is 5.91 Å². The van der Waals surface area contributed by atoms with Crippen LogP contribution < -0.4 is 10.6 Å². The second kappa shape index (κ2) is 5.29. The lowest BCUT2D eigenvalue weighted by molar-refractivity contribution is -0.120. The molecule has 0 saturated heterocycles. The number of amides is 1. The Morgan fingerprint density at radius 2 is 1.67 bits per heavy atom. The van der Waals surface area contributed by atoms with Crippen LogP contribution in [0.1, 0.15) is 20.8 Å². The van der Waals surface area contributed by atoms with Gasteiger partial charge in [-0.25, -0.2) is 13.2 Å². The summed E-state index contributed by atoms with van der Waals surface area (Å²) in [7, 11) is 0. The fourth-order valence-electron chi connectivity index (χ4n) is 1.34. The summed E-state index contributed by atoms with van der Waals surface area (Å²) in [5, 5.41) is 4.92. The molecule has 0 aromatic heterocycles. The lowest BCUT2D eigenvalue weighted by Gasteiger charge is -2.20. The van der Waals surface area contributed by atoms with Crippen molar-refractivity contribution < 1.29 is 18.0 Å². The van der Waals surface area contributed by atoms with E-state index in [9.17, 15) is 18.0 Å². The van der Waals surface area contributed by atoms with Gasteiger partial charge in [0.25, 0.3) is 0 Å². The van der Waals surface area contributed by atoms with Crippen molar-refractivity contribution >= 4 is 11.6 Å². The highest BCUT2D eigenvalue weighted by Gasteiger charge is 2.15. The number of carbonyl (C=O) groups excluding carboxylic acids is 1. The molecule has 1 amide bonds. The lowest BCUT2D eigenvalue weighted by Crippen LogP contribution is -2.43. The van der Waals surface area contributed by atoms with E-state index in [-0.39, 0.29) is 6.54 Å². The van der Waals surface area contributed by atoms with Crippen LogP contribution in [-0.4, -0.2) is 18.0 Å². The third kappa shape index (κ3) is 4.27. The van der Waals surface area contributed by atoms with Gasteiger partial charge in [-0.15, -0.1) is 0 Å². The van der Waals surface area contributed by atoms with E-state index >= 15 is 0 Å². The maximum Gasteiger partial charge on any atom is 0.239 e. The van der Waals surface area contributed by atoms with Crippen LogP contribution in [0.25, 0.3) is 0 Å². The number of anilines is 1. The third-order valence-corrected chi connectivity index (χ3v) is 1.95. The van der Waals surface area contributed by atoms with Crippen molar-refractivity contribution in [2.75, 3.05) is 11.9 Å². The predicted molar refractivity (Wildman–Crippen MR) is 62.7 cm³/mol. The molecule has 0 atom stereocenters. The average Bonchev–Trinajstić information content (AvgIpc) is 2.12. The van der Waals surface area contributed by atoms with Crippen LogP contribution in [0.15, 0.2) is 12.1 Å². The van der Waals surface area contributed by atoms with E-state index in [0.717, 1.165) is 0 Å². The van der Waals surface area contributed by atoms with Crippen molar-refractivity contribution in [3.63, 3.8) is 0 Å². The molecule has 1 aromatic rings. The van der Waals surface area contributed by atoms with Crippen LogP contribution in [0.4, 0.5) is 18.9 Å². The Bertz CT molecular complexity index is 432. The topological polar surface area (TPSA) is 41.1 Å². The molecule has 0 aliphatic rings. The number of carbonyl (C=O) groups is 1. The first-order valence-corrected chi connectivity index (χ1v) is 5.38. The molecule has 2 N–H and O–H groups in total. The molecule has 3 nitrogen and oxygen atoms in total. The standard InChI is InChI=1S/C12H15F3N2O/c1-12(2,3)17-10(18)6-16-11-8(14)4-7(13)5-9(11)15/h4-5,16H,6H2,1-3H3,(H,17,18). The summed E-state index contributed by atoms with van der Waals surface area (Å²) >= 11 is 0. The zero-order valence-electron chi connectivity index (χ0n) is 10.4. The molecule has 0 aliphatic heterocycles. The molecule has 0 fully saturated rings. The summed E-state index contributed by atoms with van der Waals surface area (Å²) in [6.07, 6.45) is 0. The predicted octanol–water partition coefficient (Wildman–Crippen LogP) is 2.43. The number of rotatable bonds is 3. The Labute approximate surface area is 103 Å². The fraction of sp³-hybridized carbons (Fsp3) is 0.417. The molecule has 0 heterocycles. The van der Waals surface area contributed by atoms with Crippen LogP contribution in [0.3, 0.4) is 0 Å². The Balaban J connectivity index is 2.67. The number of nitrogens with one attached hydrogen (secondary N) is 2. The van der Waals surface area contributed by atoms with Crippen molar-refractivity contribution in [3.05, 3.63) is 29.6 Å². The number of hydrogen-bond acceptors (Lipinski definition) is 2. The van der Waals surface area contributed by atoms with E-state index in [1.807, 2.05) is 0 Å². The molecule has 0 aliphatic carbocycles. The Morgan fingerprint density at radius 3 is 2.11 bits per heavy atom. The molecule has 1 rings (SSSR count). The molecule has 0 radical (unpaired) electrons. The van der Waals surface area contributed by atoms with Gasteiger partial charge in [0.1, 0.15) is 11.5 Å². The van der Waals surface area contributed by atoms with E-state index in [4.69, 9.17) is 0 Å². The monoisotopic (exact) mass is 260 g/mol. The van der Waals surface area contributed by atoms with Crippen LogP contribution in [0, 0.1) is 17.5 Å². The number of benzene rings is 1. The van der Waals surface area contributed by atoms with Crippen LogP contribution in [-0.2, 0) is 4.79 Å². The van der Waals surface area contributed by atoms with Crippen molar-refractivity contribution in [1.82, 2.24) is 5.32 Å². The maximum absolute atomic E-state index is 13.2. The largest absolute Gasteiger partial charge is 0.371 e. The summed E-state index contributed by atoms with van der Waals surface area (Å²) in [5.74, 6) is -3.56. The van der Waals surface area contributed by atoms with Crippen molar-refractivity contribution in [2.24, 2.45) is 0 Å². The Hall–Kier alpha value is -1.72. The van der Waals surface area contributed by atoms with Gasteiger partial charge in [-0.2, -0.15) is 0 Å². The fourth-order valence-corrected chi connectivity index (χ4v) is 1.34. The summed E-state index contributed by atoms with van der Waals surface area (Å²) in [4.78, 5) is 11.4. The van der Waals surface area contributed by atoms with Gasteiger partial charge in [-0.3, -0.25) is 4.79 Å². The summed E-state index contributed by atoms with van der Waals surface area (Å²) < 4.78 is 39.1. The van der Waals surface area contributed by atoms with Crippen molar-refractivity contribution in [3.8, 4) is 0 Å². The van der Waals surface area contributed by atoms with E-state index < -0.39 is 34.6 Å². The highest BCUT2D eigenvalue weighted by molar-refractivity contribution is 5.81. The molecule has 0 spiro atoms. The zero-order valence-corrected chi connectivity index (χ0v) is 10.4. The minimum Gasteiger partial charge on any atom is -0.371 e. The Morgan fingerprint density at radius 1 is 1.17 bits per heavy atom. The van der Waals surface area contributed by atoms with Gasteiger partial charge < -0.3 is 10.6 Å². The SMILES string of the molecule is CC(C)(C)NC(=O)CNc1c(F)cc(F)cc1F. The highest BCUT2D eigenvalue weighted by Crippen LogP contribution is 2.19. The van der Waals surface area contributed by atoms with Crippen LogP contribution in [0.2, 0.25) is 0 Å². The first kappa shape index (κ1) is 14.3. The third-order valence-electron chi connectivity index (χ3n) is 1.95. The van der Waals surface area contributed by atoms with Gasteiger partial charge in [0, 0.05) is 17.7 Å². The molecule has 1 aromatic carbocycles. The average molecular weight is 260 g/mol. The first-order valence-electron chi connectivity index (χ1n) is 5.38. The van der Waals surface area contributed by atoms with Gasteiger partial charge in [0.05, 0.1) is 6.54 Å². The van der Waals surface area contributed by atoms with E-state index in [1.54, 1.807) is 20.8 Å². The summed E-state index contributed by atoms with van der Waals surface area (Å²) in [6.45, 7) is 5.05. The minimum atomic E-state index is -1.07. The molecular formula is C12H15F3N2O. The molecule has 0 unspecified atom stereocenters. The quantitative estimate of drug-likeness (QED) is 0.876. The molecule has 100 valence electrons. The van der Waals surface area contributed by atoms with Gasteiger partial charge in [-0.1, -0.05) is 0 Å². The normalized spacial score (nSPS) is 11.2. The summed E-state index contributed by atoms with van der Waals surface area (Å²) in [5.41, 5.74) is -0.945. The van der Waals surface area contributed by atoms with Crippen LogP contribution in [0.5, 0.6) is 0 Å². The van der Waals surface area contributed by atoms with Crippen molar-refractivity contribution in [2.45, 2.75) is 26.3 Å². The second-order valence-corrected chi connectivity index (χ2v) is 4.90.